The first-order valence-corrected chi connectivity index (χ1v) is 0. The molecule has 0 heterocycles. The fourth-order valence-corrected chi connectivity index (χ4v) is 0. The maximum absolute atomic E-state index is 0. The third-order valence-corrected chi connectivity index (χ3v) is 0. The summed E-state index contributed by atoms with van der Waals surface area (Å²) in [5.41, 5.74) is 0. The Balaban J connectivity index is 0. The van der Waals surface area contributed by atoms with Crippen molar-refractivity contribution < 1.29 is 67.1 Å². The summed E-state index contributed by atoms with van der Waals surface area (Å²) >= 11 is 0. The second-order valence-corrected chi connectivity index (χ2v) is 0. The van der Waals surface area contributed by atoms with Crippen LogP contribution in [0.4, 0.5) is 0 Å². The van der Waals surface area contributed by atoms with E-state index in [-0.39, 0.29) is 91.6 Å². The summed E-state index contributed by atoms with van der Waals surface area (Å²) in [7, 11) is 0. The van der Waals surface area contributed by atoms with Crippen LogP contribution in [0.2, 0.25) is 0 Å². The molecule has 0 amide bonds. The van der Waals surface area contributed by atoms with Gasteiger partial charge in [0, 0.05) is 0 Å². The van der Waals surface area contributed by atoms with E-state index in [0.29, 0.717) is 0 Å². The third kappa shape index (κ3) is 8.90. The van der Waals surface area contributed by atoms with Crippen molar-refractivity contribution in [2.24, 2.45) is 0 Å². The first kappa shape index (κ1) is 27.8. The van der Waals surface area contributed by atoms with Crippen LogP contribution in [0.5, 0.6) is 0 Å². The second-order valence-electron chi connectivity index (χ2n) is 0. The molecule has 0 aliphatic carbocycles. The molecule has 0 aliphatic heterocycles. The van der Waals surface area contributed by atoms with E-state index in [1.165, 1.54) is 0 Å². The monoisotopic (exact) mass is 448 g/mol. The summed E-state index contributed by atoms with van der Waals surface area (Å²) in [5, 5.41) is 0. The van der Waals surface area contributed by atoms with Crippen molar-refractivity contribution >= 4 is 24.4 Å². The zero-order valence-electron chi connectivity index (χ0n) is 0.905. The van der Waals surface area contributed by atoms with Crippen LogP contribution in [-0.2, 0) is 67.1 Å². The molecule has 0 aliphatic rings. The fraction of sp³-hybridized carbons (Fsp3) is 0. The molecule has 0 N–H and O–H groups in total. The van der Waals surface area contributed by atoms with Gasteiger partial charge in [-0.25, -0.2) is 0 Å². The third-order valence-electron chi connectivity index (χ3n) is 0. The topological polar surface area (TPSA) is 0 Å². The summed E-state index contributed by atoms with van der Waals surface area (Å²) in [6, 6.07) is 0. The molecule has 0 spiro atoms. The average molecular weight is 451 g/mol. The molecule has 4 heteroatoms. The average Bonchev–Trinajstić information content (AvgIpc) is 0. The predicted octanol–water partition coefficient (Wildman–Crippen LogP) is -1.99. The van der Waals surface area contributed by atoms with Crippen LogP contribution >= 0.6 is 0 Å². The van der Waals surface area contributed by atoms with Crippen LogP contribution in [0.3, 0.4) is 0 Å². The maximum atomic E-state index is 0. The molecule has 0 aromatic rings. The normalized spacial score (nSPS) is 0. The van der Waals surface area contributed by atoms with Crippen molar-refractivity contribution in [2.45, 2.75) is 0 Å². The zero-order chi connectivity index (χ0) is 0. The van der Waals surface area contributed by atoms with Crippen LogP contribution in [0, 0.1) is 0 Å². The number of rotatable bonds is 0. The molecule has 0 unspecified atom stereocenters. The van der Waals surface area contributed by atoms with Gasteiger partial charge in [-0.1, -0.05) is 0 Å². The minimum atomic E-state index is 0. The van der Waals surface area contributed by atoms with Gasteiger partial charge >= 0.3 is 91.6 Å². The Morgan fingerprint density at radius 2 is 0.500 bits per heavy atom. The van der Waals surface area contributed by atoms with Crippen molar-refractivity contribution in [3.8, 4) is 0 Å². The van der Waals surface area contributed by atoms with E-state index in [9.17, 15) is 0 Å². The van der Waals surface area contributed by atoms with Gasteiger partial charge in [-0.05, 0) is 0 Å². The van der Waals surface area contributed by atoms with Gasteiger partial charge in [-0.15, -0.1) is 0 Å². The molecular formula is H6Ag3Sb. The molecular weight excluding hydrogens is 445 g/mol. The first-order chi connectivity index (χ1) is 0. The van der Waals surface area contributed by atoms with Crippen molar-refractivity contribution in [1.82, 2.24) is 0 Å². The molecule has 0 radical (unpaired) electrons. The van der Waals surface area contributed by atoms with Crippen molar-refractivity contribution in [2.75, 3.05) is 0 Å². The molecule has 0 fully saturated rings. The molecule has 0 saturated heterocycles. The summed E-state index contributed by atoms with van der Waals surface area (Å²) in [5.74, 6) is 0. The quantitative estimate of drug-likeness (QED) is 0.374. The van der Waals surface area contributed by atoms with Crippen LogP contribution in [0.25, 0.3) is 0 Å². The van der Waals surface area contributed by atoms with Crippen LogP contribution in [0.1, 0.15) is 0 Å². The van der Waals surface area contributed by atoms with Crippen LogP contribution in [0.15, 0.2) is 0 Å². The van der Waals surface area contributed by atoms with E-state index in [1.807, 2.05) is 0 Å². The van der Waals surface area contributed by atoms with Crippen molar-refractivity contribution in [1.29, 1.82) is 0 Å². The summed E-state index contributed by atoms with van der Waals surface area (Å²) in [4.78, 5) is 0. The Morgan fingerprint density at radius 3 is 0.500 bits per heavy atom. The Kier molecular flexibility index (Phi) is 115. The number of hydrogen-bond donors (Lipinski definition) is 0. The summed E-state index contributed by atoms with van der Waals surface area (Å²) < 4.78 is 0. The van der Waals surface area contributed by atoms with E-state index >= 15 is 0 Å². The van der Waals surface area contributed by atoms with Gasteiger partial charge in [0.1, 0.15) is 0 Å². The zero-order valence-corrected chi connectivity index (χ0v) is 5.35. The molecule has 0 nitrogen and oxygen atoms in total. The molecule has 0 bridgehead atoms. The van der Waals surface area contributed by atoms with Gasteiger partial charge in [0.15, 0.2) is 0 Å². The Hall–Kier alpha value is 3.04. The minimum absolute atomic E-state index is 0. The summed E-state index contributed by atoms with van der Waals surface area (Å²) in [6.07, 6.45) is 0. The number of hydrogen-bond acceptors (Lipinski definition) is 0. The van der Waals surface area contributed by atoms with E-state index in [1.54, 1.807) is 0 Å². The molecule has 0 aromatic carbocycles. The second kappa shape index (κ2) is 16.6. The van der Waals surface area contributed by atoms with Crippen LogP contribution in [-0.4, -0.2) is 24.4 Å². The molecule has 0 atom stereocenters. The van der Waals surface area contributed by atoms with Gasteiger partial charge in [-0.2, -0.15) is 0 Å². The van der Waals surface area contributed by atoms with E-state index in [4.69, 9.17) is 0 Å². The van der Waals surface area contributed by atoms with Crippen molar-refractivity contribution in [3.05, 3.63) is 0 Å². The van der Waals surface area contributed by atoms with Gasteiger partial charge in [0.05, 0.1) is 0 Å². The predicted molar refractivity (Wildman–Crippen MR) is 14.1 cm³/mol. The Labute approximate surface area is 89.8 Å². The molecule has 0 aromatic heterocycles. The van der Waals surface area contributed by atoms with Crippen molar-refractivity contribution in [3.63, 3.8) is 0 Å². The summed E-state index contributed by atoms with van der Waals surface area (Å²) in [6.45, 7) is 0. The van der Waals surface area contributed by atoms with Crippen LogP contribution < -0.4 is 0 Å². The molecule has 44 valence electrons. The Morgan fingerprint density at radius 1 is 0.500 bits per heavy atom. The Bertz CT molecular complexity index is 3.25. The first-order valence-electron chi connectivity index (χ1n) is 0. The van der Waals surface area contributed by atoms with Gasteiger partial charge in [-0.3, -0.25) is 0 Å². The van der Waals surface area contributed by atoms with Gasteiger partial charge in [0.2, 0.25) is 0 Å². The van der Waals surface area contributed by atoms with E-state index in [2.05, 4.69) is 0 Å². The van der Waals surface area contributed by atoms with Gasteiger partial charge < -0.3 is 0 Å². The van der Waals surface area contributed by atoms with E-state index < -0.39 is 0 Å². The SMILES string of the molecule is [Ag+].[Ag+].[Ag+].[SbH6-3]. The fourth-order valence-electron chi connectivity index (χ4n) is 0. The molecule has 0 saturated carbocycles. The molecule has 0 rings (SSSR count). The van der Waals surface area contributed by atoms with Gasteiger partial charge in [0.25, 0.3) is 0 Å². The molecule has 4 heavy (non-hydrogen) atoms. The van der Waals surface area contributed by atoms with E-state index in [0.717, 1.165) is 0 Å². The standard InChI is InChI=1S/3Ag.Sb.6H/q3*+1;-3;;;;;;.